The van der Waals surface area contributed by atoms with Gasteiger partial charge in [0.25, 0.3) is 0 Å². The zero-order chi connectivity index (χ0) is 16.7. The van der Waals surface area contributed by atoms with E-state index in [0.717, 1.165) is 24.3 Å². The van der Waals surface area contributed by atoms with Gasteiger partial charge in [-0.2, -0.15) is 0 Å². The van der Waals surface area contributed by atoms with Gasteiger partial charge in [-0.3, -0.25) is 0 Å². The van der Waals surface area contributed by atoms with Gasteiger partial charge >= 0.3 is 0 Å². The summed E-state index contributed by atoms with van der Waals surface area (Å²) in [7, 11) is -1.18. The smallest absolute Gasteiger partial charge is 0.159 e. The summed E-state index contributed by atoms with van der Waals surface area (Å²) in [5.41, 5.74) is 3.05. The van der Waals surface area contributed by atoms with Crippen molar-refractivity contribution in [2.24, 2.45) is 0 Å². The quantitative estimate of drug-likeness (QED) is 0.575. The van der Waals surface area contributed by atoms with E-state index < -0.39 is 8.07 Å². The summed E-state index contributed by atoms with van der Waals surface area (Å²) in [6, 6.07) is 8.96. The van der Waals surface area contributed by atoms with E-state index in [9.17, 15) is 5.11 Å². The van der Waals surface area contributed by atoms with Crippen LogP contribution in [0, 0.1) is 0 Å². The molecular formula is C18H24N2O2Si. The Morgan fingerprint density at radius 2 is 1.78 bits per heavy atom. The lowest BCUT2D eigenvalue weighted by atomic mass is 10.2. The van der Waals surface area contributed by atoms with Crippen LogP contribution < -0.4 is 4.74 Å². The van der Waals surface area contributed by atoms with E-state index in [2.05, 4.69) is 35.3 Å². The van der Waals surface area contributed by atoms with Gasteiger partial charge in [0.15, 0.2) is 11.6 Å². The molecule has 0 aliphatic carbocycles. The van der Waals surface area contributed by atoms with Crippen molar-refractivity contribution in [3.8, 4) is 22.9 Å². The van der Waals surface area contributed by atoms with Crippen LogP contribution in [-0.2, 0) is 0 Å². The molecule has 2 rings (SSSR count). The standard InChI is InChI=1S/C18H24N2O2Si/c1-4-23(2,3)12-6-5-11-22-17-9-7-15(8-10-17)18-19-13-16(21)14-20-18/h4,7-10,13-14,21H,1,5-6,11-12H2,2-3H3. The third-order valence-corrected chi connectivity index (χ3v) is 6.53. The summed E-state index contributed by atoms with van der Waals surface area (Å²) in [5, 5.41) is 9.21. The zero-order valence-electron chi connectivity index (χ0n) is 13.8. The third kappa shape index (κ3) is 5.52. The predicted octanol–water partition coefficient (Wildman–Crippen LogP) is 4.44. The minimum absolute atomic E-state index is 0.0661. The summed E-state index contributed by atoms with van der Waals surface area (Å²) >= 11 is 0. The van der Waals surface area contributed by atoms with Crippen LogP contribution in [-0.4, -0.2) is 29.8 Å². The highest BCUT2D eigenvalue weighted by molar-refractivity contribution is 6.82. The molecule has 1 aromatic carbocycles. The fourth-order valence-electron chi connectivity index (χ4n) is 2.15. The maximum absolute atomic E-state index is 9.21. The van der Waals surface area contributed by atoms with E-state index in [1.807, 2.05) is 24.3 Å². The van der Waals surface area contributed by atoms with Crippen molar-refractivity contribution in [1.82, 2.24) is 9.97 Å². The molecule has 0 fully saturated rings. The van der Waals surface area contributed by atoms with Crippen LogP contribution in [0.15, 0.2) is 48.9 Å². The van der Waals surface area contributed by atoms with Crippen LogP contribution in [0.5, 0.6) is 11.5 Å². The first-order chi connectivity index (χ1) is 11.0. The first kappa shape index (κ1) is 17.2. The Kier molecular flexibility index (Phi) is 5.93. The van der Waals surface area contributed by atoms with Gasteiger partial charge in [0.1, 0.15) is 5.75 Å². The van der Waals surface area contributed by atoms with Crippen LogP contribution in [0.25, 0.3) is 11.4 Å². The fourth-order valence-corrected chi connectivity index (χ4v) is 3.51. The summed E-state index contributed by atoms with van der Waals surface area (Å²) in [4.78, 5) is 8.18. The summed E-state index contributed by atoms with van der Waals surface area (Å²) in [6.45, 7) is 9.33. The predicted molar refractivity (Wildman–Crippen MR) is 96.3 cm³/mol. The molecule has 122 valence electrons. The number of hydrogen-bond donors (Lipinski definition) is 1. The molecule has 2 aromatic rings. The molecule has 23 heavy (non-hydrogen) atoms. The normalized spacial score (nSPS) is 11.2. The lowest BCUT2D eigenvalue weighted by molar-refractivity contribution is 0.309. The minimum atomic E-state index is -1.18. The molecule has 0 saturated carbocycles. The molecule has 0 unspecified atom stereocenters. The van der Waals surface area contributed by atoms with Gasteiger partial charge in [-0.05, 0) is 30.7 Å². The third-order valence-electron chi connectivity index (χ3n) is 3.79. The maximum Gasteiger partial charge on any atom is 0.159 e. The summed E-state index contributed by atoms with van der Waals surface area (Å²) < 4.78 is 5.77. The number of ether oxygens (including phenoxy) is 1. The molecule has 5 heteroatoms. The van der Waals surface area contributed by atoms with E-state index in [1.165, 1.54) is 24.9 Å². The Labute approximate surface area is 138 Å². The molecule has 0 spiro atoms. The average molecular weight is 328 g/mol. The molecule has 1 N–H and O–H groups in total. The molecule has 0 aliphatic heterocycles. The van der Waals surface area contributed by atoms with Gasteiger partial charge in [-0.1, -0.05) is 25.6 Å². The molecule has 0 radical (unpaired) electrons. The van der Waals surface area contributed by atoms with E-state index in [4.69, 9.17) is 4.74 Å². The van der Waals surface area contributed by atoms with Crippen molar-refractivity contribution in [2.45, 2.75) is 32.0 Å². The van der Waals surface area contributed by atoms with Crippen molar-refractivity contribution in [2.75, 3.05) is 6.61 Å². The Morgan fingerprint density at radius 3 is 2.39 bits per heavy atom. The van der Waals surface area contributed by atoms with Crippen LogP contribution >= 0.6 is 0 Å². The van der Waals surface area contributed by atoms with Crippen molar-refractivity contribution >= 4 is 8.07 Å². The van der Waals surface area contributed by atoms with Gasteiger partial charge in [0.05, 0.1) is 27.1 Å². The van der Waals surface area contributed by atoms with Crippen molar-refractivity contribution < 1.29 is 9.84 Å². The van der Waals surface area contributed by atoms with Crippen molar-refractivity contribution in [1.29, 1.82) is 0 Å². The second-order valence-electron chi connectivity index (χ2n) is 6.29. The van der Waals surface area contributed by atoms with Crippen molar-refractivity contribution in [3.63, 3.8) is 0 Å². The Balaban J connectivity index is 1.79. The SMILES string of the molecule is C=C[Si](C)(C)CCCCOc1ccc(-c2ncc(O)cn2)cc1. The monoisotopic (exact) mass is 328 g/mol. The molecule has 0 saturated heterocycles. The van der Waals surface area contributed by atoms with Gasteiger partial charge < -0.3 is 9.84 Å². The number of hydrogen-bond acceptors (Lipinski definition) is 4. The maximum atomic E-state index is 9.21. The second kappa shape index (κ2) is 7.92. The molecular weight excluding hydrogens is 304 g/mol. The highest BCUT2D eigenvalue weighted by Gasteiger charge is 2.14. The van der Waals surface area contributed by atoms with Crippen LogP contribution in [0.4, 0.5) is 0 Å². The van der Waals surface area contributed by atoms with E-state index in [-0.39, 0.29) is 5.75 Å². The summed E-state index contributed by atoms with van der Waals surface area (Å²) in [6.07, 6.45) is 5.03. The van der Waals surface area contributed by atoms with E-state index >= 15 is 0 Å². The highest BCUT2D eigenvalue weighted by atomic mass is 28.3. The number of unbranched alkanes of at least 4 members (excludes halogenated alkanes) is 1. The van der Waals surface area contributed by atoms with Gasteiger partial charge in [-0.25, -0.2) is 9.97 Å². The number of nitrogens with zero attached hydrogens (tertiary/aromatic N) is 2. The lowest BCUT2D eigenvalue weighted by Crippen LogP contribution is -2.21. The fraction of sp³-hybridized carbons (Fsp3) is 0.333. The first-order valence-electron chi connectivity index (χ1n) is 7.88. The molecule has 0 atom stereocenters. The topological polar surface area (TPSA) is 55.2 Å². The number of aromatic hydroxyl groups is 1. The molecule has 0 amide bonds. The second-order valence-corrected chi connectivity index (χ2v) is 11.2. The van der Waals surface area contributed by atoms with Crippen LogP contribution in [0.3, 0.4) is 0 Å². The molecule has 0 aliphatic rings. The zero-order valence-corrected chi connectivity index (χ0v) is 14.8. The van der Waals surface area contributed by atoms with Crippen LogP contribution in [0.2, 0.25) is 19.1 Å². The highest BCUT2D eigenvalue weighted by Crippen LogP contribution is 2.20. The van der Waals surface area contributed by atoms with E-state index in [1.54, 1.807) is 0 Å². The minimum Gasteiger partial charge on any atom is -0.505 e. The number of benzene rings is 1. The van der Waals surface area contributed by atoms with Gasteiger partial charge in [-0.15, -0.1) is 12.3 Å². The number of aromatic nitrogens is 2. The Bertz CT molecular complexity index is 624. The summed E-state index contributed by atoms with van der Waals surface area (Å²) in [5.74, 6) is 1.51. The largest absolute Gasteiger partial charge is 0.505 e. The molecule has 0 bridgehead atoms. The molecule has 1 aromatic heterocycles. The van der Waals surface area contributed by atoms with Gasteiger partial charge in [0.2, 0.25) is 0 Å². The number of rotatable bonds is 8. The lowest BCUT2D eigenvalue weighted by Gasteiger charge is -2.16. The van der Waals surface area contributed by atoms with Gasteiger partial charge in [0, 0.05) is 5.56 Å². The van der Waals surface area contributed by atoms with E-state index in [0.29, 0.717) is 5.82 Å². The average Bonchev–Trinajstić information content (AvgIpc) is 2.56. The van der Waals surface area contributed by atoms with Crippen LogP contribution in [0.1, 0.15) is 12.8 Å². The molecule has 4 nitrogen and oxygen atoms in total. The molecule has 1 heterocycles. The first-order valence-corrected chi connectivity index (χ1v) is 11.2. The van der Waals surface area contributed by atoms with Crippen molar-refractivity contribution in [3.05, 3.63) is 48.9 Å². The Morgan fingerprint density at radius 1 is 1.13 bits per heavy atom. The Hall–Kier alpha value is -2.14.